The van der Waals surface area contributed by atoms with Crippen LogP contribution in [0.2, 0.25) is 5.02 Å². The molecule has 0 aliphatic heterocycles. The van der Waals surface area contributed by atoms with Crippen molar-refractivity contribution in [1.29, 1.82) is 0 Å². The Morgan fingerprint density at radius 2 is 2.19 bits per heavy atom. The summed E-state index contributed by atoms with van der Waals surface area (Å²) in [6, 6.07) is 7.71. The minimum absolute atomic E-state index is 0.0653. The number of carbonyl (C=O) groups is 1. The van der Waals surface area contributed by atoms with Gasteiger partial charge in [-0.05, 0) is 30.7 Å². The van der Waals surface area contributed by atoms with Crippen molar-refractivity contribution in [2.75, 3.05) is 6.54 Å². The van der Waals surface area contributed by atoms with E-state index in [1.54, 1.807) is 10.6 Å². The van der Waals surface area contributed by atoms with Crippen LogP contribution in [0.3, 0.4) is 0 Å². The van der Waals surface area contributed by atoms with E-state index >= 15 is 0 Å². The van der Waals surface area contributed by atoms with Crippen molar-refractivity contribution in [2.24, 2.45) is 7.05 Å². The Bertz CT molecular complexity index is 622. The van der Waals surface area contributed by atoms with Crippen molar-refractivity contribution in [2.45, 2.75) is 12.5 Å². The molecule has 1 atom stereocenters. The molecule has 0 saturated carbocycles. The molecule has 112 valence electrons. The molecule has 0 spiro atoms. The van der Waals surface area contributed by atoms with Gasteiger partial charge in [0.1, 0.15) is 5.82 Å². The Morgan fingerprint density at radius 1 is 1.43 bits per heavy atom. The van der Waals surface area contributed by atoms with Crippen LogP contribution in [0.25, 0.3) is 0 Å². The molecule has 2 N–H and O–H groups in total. The number of hydrogen-bond acceptors (Lipinski definition) is 2. The van der Waals surface area contributed by atoms with Crippen molar-refractivity contribution in [3.05, 3.63) is 58.6 Å². The monoisotopic (exact) mass is 310 g/mol. The Labute approximate surface area is 127 Å². The molecule has 1 amide bonds. The van der Waals surface area contributed by atoms with Crippen LogP contribution in [0.5, 0.6) is 0 Å². The van der Waals surface area contributed by atoms with Crippen molar-refractivity contribution >= 4 is 17.5 Å². The third-order valence-corrected chi connectivity index (χ3v) is 3.53. The summed E-state index contributed by atoms with van der Waals surface area (Å²) in [4.78, 5) is 11.9. The van der Waals surface area contributed by atoms with E-state index in [4.69, 9.17) is 11.6 Å². The van der Waals surface area contributed by atoms with Crippen LogP contribution in [0.1, 0.15) is 28.6 Å². The number of aromatic nitrogens is 1. The smallest absolute Gasteiger partial charge is 0.255 e. The molecule has 1 aromatic heterocycles. The highest BCUT2D eigenvalue weighted by Gasteiger charge is 2.16. The van der Waals surface area contributed by atoms with Gasteiger partial charge in [-0.2, -0.15) is 0 Å². The van der Waals surface area contributed by atoms with Crippen LogP contribution >= 0.6 is 11.6 Å². The third-order valence-electron chi connectivity index (χ3n) is 3.22. The number of aliphatic hydroxyl groups is 1. The van der Waals surface area contributed by atoms with E-state index < -0.39 is 17.8 Å². The minimum atomic E-state index is -0.693. The van der Waals surface area contributed by atoms with Gasteiger partial charge in [-0.1, -0.05) is 17.7 Å². The van der Waals surface area contributed by atoms with Gasteiger partial charge in [0, 0.05) is 25.5 Å². The van der Waals surface area contributed by atoms with Gasteiger partial charge < -0.3 is 15.0 Å². The van der Waals surface area contributed by atoms with Crippen LogP contribution in [-0.4, -0.2) is 22.1 Å². The number of rotatable bonds is 5. The average molecular weight is 311 g/mol. The van der Waals surface area contributed by atoms with E-state index in [1.807, 2.05) is 19.3 Å². The maximum atomic E-state index is 13.6. The zero-order chi connectivity index (χ0) is 15.4. The summed E-state index contributed by atoms with van der Waals surface area (Å²) in [5.74, 6) is -1.25. The highest BCUT2D eigenvalue weighted by molar-refractivity contribution is 6.33. The molecular formula is C15H16ClFN2O2. The standard InChI is InChI=1S/C15H16ClFN2O2/c1-19-9-3-6-12(19)13(20)7-8-18-15(21)14-10(16)4-2-5-11(14)17/h2-6,9,13,20H,7-8H2,1H3,(H,18,21)/t13-/m0/s1. The summed E-state index contributed by atoms with van der Waals surface area (Å²) in [6.45, 7) is 0.218. The summed E-state index contributed by atoms with van der Waals surface area (Å²) in [5.41, 5.74) is 0.584. The lowest BCUT2D eigenvalue weighted by molar-refractivity contribution is 0.0937. The lowest BCUT2D eigenvalue weighted by atomic mass is 10.1. The van der Waals surface area contributed by atoms with Gasteiger partial charge in [-0.3, -0.25) is 4.79 Å². The molecule has 0 aliphatic rings. The second-order valence-corrected chi connectivity index (χ2v) is 5.11. The molecule has 0 fully saturated rings. The van der Waals surface area contributed by atoms with Crippen LogP contribution in [0.4, 0.5) is 4.39 Å². The first-order valence-corrected chi connectivity index (χ1v) is 6.90. The van der Waals surface area contributed by atoms with E-state index in [1.165, 1.54) is 18.2 Å². The fraction of sp³-hybridized carbons (Fsp3) is 0.267. The number of aliphatic hydroxyl groups excluding tert-OH is 1. The number of nitrogens with one attached hydrogen (secondary N) is 1. The van der Waals surface area contributed by atoms with Crippen molar-refractivity contribution in [1.82, 2.24) is 9.88 Å². The number of aryl methyl sites for hydroxylation is 1. The van der Waals surface area contributed by atoms with E-state index in [-0.39, 0.29) is 17.1 Å². The van der Waals surface area contributed by atoms with E-state index in [0.29, 0.717) is 6.42 Å². The van der Waals surface area contributed by atoms with Gasteiger partial charge in [-0.15, -0.1) is 0 Å². The summed E-state index contributed by atoms with van der Waals surface area (Å²) in [7, 11) is 1.83. The molecule has 4 nitrogen and oxygen atoms in total. The molecule has 0 radical (unpaired) electrons. The maximum absolute atomic E-state index is 13.6. The molecule has 0 bridgehead atoms. The zero-order valence-electron chi connectivity index (χ0n) is 11.5. The Hall–Kier alpha value is -1.85. The number of hydrogen-bond donors (Lipinski definition) is 2. The van der Waals surface area contributed by atoms with Gasteiger partial charge >= 0.3 is 0 Å². The number of amides is 1. The Morgan fingerprint density at radius 3 is 2.81 bits per heavy atom. The lowest BCUT2D eigenvalue weighted by Crippen LogP contribution is -2.27. The van der Waals surface area contributed by atoms with Gasteiger partial charge in [0.25, 0.3) is 5.91 Å². The Balaban J connectivity index is 1.92. The highest BCUT2D eigenvalue weighted by Crippen LogP contribution is 2.19. The van der Waals surface area contributed by atoms with E-state index in [0.717, 1.165) is 5.69 Å². The van der Waals surface area contributed by atoms with E-state index in [2.05, 4.69) is 5.32 Å². The predicted molar refractivity (Wildman–Crippen MR) is 78.7 cm³/mol. The zero-order valence-corrected chi connectivity index (χ0v) is 12.3. The molecule has 21 heavy (non-hydrogen) atoms. The largest absolute Gasteiger partial charge is 0.387 e. The molecule has 0 aliphatic carbocycles. The predicted octanol–water partition coefficient (Wildman–Crippen LogP) is 2.67. The van der Waals surface area contributed by atoms with Crippen LogP contribution < -0.4 is 5.32 Å². The van der Waals surface area contributed by atoms with Gasteiger partial charge in [0.2, 0.25) is 0 Å². The fourth-order valence-electron chi connectivity index (χ4n) is 2.09. The summed E-state index contributed by atoms with van der Waals surface area (Å²) < 4.78 is 15.4. The average Bonchev–Trinajstić information content (AvgIpc) is 2.84. The van der Waals surface area contributed by atoms with Crippen LogP contribution in [-0.2, 0) is 7.05 Å². The number of halogens is 2. The molecule has 2 rings (SSSR count). The summed E-state index contributed by atoms with van der Waals surface area (Å²) >= 11 is 5.81. The first-order valence-electron chi connectivity index (χ1n) is 6.52. The number of carbonyl (C=O) groups excluding carboxylic acids is 1. The third kappa shape index (κ3) is 3.62. The quantitative estimate of drug-likeness (QED) is 0.892. The maximum Gasteiger partial charge on any atom is 0.255 e. The van der Waals surface area contributed by atoms with Crippen LogP contribution in [0, 0.1) is 5.82 Å². The summed E-state index contributed by atoms with van der Waals surface area (Å²) in [6.07, 6.45) is 1.47. The topological polar surface area (TPSA) is 54.3 Å². The van der Waals surface area contributed by atoms with E-state index in [9.17, 15) is 14.3 Å². The van der Waals surface area contributed by atoms with Crippen molar-refractivity contribution < 1.29 is 14.3 Å². The SMILES string of the molecule is Cn1cccc1[C@@H](O)CCNC(=O)c1c(F)cccc1Cl. The molecule has 0 unspecified atom stereocenters. The molecule has 1 aromatic carbocycles. The fourth-order valence-corrected chi connectivity index (χ4v) is 2.34. The normalized spacial score (nSPS) is 12.2. The second-order valence-electron chi connectivity index (χ2n) is 4.70. The molecular weight excluding hydrogens is 295 g/mol. The summed E-state index contributed by atoms with van der Waals surface area (Å²) in [5, 5.41) is 12.6. The van der Waals surface area contributed by atoms with Gasteiger partial charge in [-0.25, -0.2) is 4.39 Å². The number of benzene rings is 1. The van der Waals surface area contributed by atoms with Gasteiger partial charge in [0.05, 0.1) is 16.7 Å². The van der Waals surface area contributed by atoms with Gasteiger partial charge in [0.15, 0.2) is 0 Å². The Kier molecular flexibility index (Phi) is 4.98. The second kappa shape index (κ2) is 6.74. The first-order chi connectivity index (χ1) is 10.0. The molecule has 2 aromatic rings. The lowest BCUT2D eigenvalue weighted by Gasteiger charge is -2.13. The minimum Gasteiger partial charge on any atom is -0.387 e. The first kappa shape index (κ1) is 15.5. The van der Waals surface area contributed by atoms with Crippen molar-refractivity contribution in [3.63, 3.8) is 0 Å². The van der Waals surface area contributed by atoms with Crippen molar-refractivity contribution in [3.8, 4) is 0 Å². The molecule has 6 heteroatoms. The highest BCUT2D eigenvalue weighted by atomic mass is 35.5. The molecule has 0 saturated heterocycles. The number of nitrogens with zero attached hydrogens (tertiary/aromatic N) is 1. The van der Waals surface area contributed by atoms with Crippen LogP contribution in [0.15, 0.2) is 36.5 Å². The molecule has 1 heterocycles.